The third-order valence-electron chi connectivity index (χ3n) is 3.39. The molecule has 2 N–H and O–H groups in total. The first-order valence-electron chi connectivity index (χ1n) is 7.51. The Morgan fingerprint density at radius 1 is 1.24 bits per heavy atom. The summed E-state index contributed by atoms with van der Waals surface area (Å²) >= 11 is 1.10. The minimum atomic E-state index is -3.69. The summed E-state index contributed by atoms with van der Waals surface area (Å²) in [5.74, 6) is -1.33. The number of carbonyl (C=O) groups excluding carboxylic acids is 1. The van der Waals surface area contributed by atoms with Crippen molar-refractivity contribution in [3.05, 3.63) is 47.3 Å². The van der Waals surface area contributed by atoms with E-state index in [-0.39, 0.29) is 28.8 Å². The lowest BCUT2D eigenvalue weighted by molar-refractivity contribution is -0.137. The maximum absolute atomic E-state index is 12.5. The first-order valence-corrected chi connectivity index (χ1v) is 9.87. The van der Waals surface area contributed by atoms with Gasteiger partial charge in [-0.05, 0) is 36.6 Å². The Hall–Kier alpha value is -2.39. The molecule has 0 fully saturated rings. The summed E-state index contributed by atoms with van der Waals surface area (Å²) in [5.41, 5.74) is 0.562. The van der Waals surface area contributed by atoms with Crippen LogP contribution in [0.3, 0.4) is 0 Å². The predicted molar refractivity (Wildman–Crippen MR) is 95.4 cm³/mol. The normalized spacial score (nSPS) is 11.1. The van der Waals surface area contributed by atoms with Crippen LogP contribution in [0.15, 0.2) is 46.0 Å². The highest BCUT2D eigenvalue weighted by molar-refractivity contribution is 7.94. The highest BCUT2D eigenvalue weighted by Gasteiger charge is 2.18. The van der Waals surface area contributed by atoms with Crippen LogP contribution >= 0.6 is 11.3 Å². The number of benzene rings is 1. The molecule has 0 aliphatic carbocycles. The SMILES string of the molecule is CCN(CCC(=O)O)C(=O)c1cccc(NS(=O)(=O)c2cccs2)c1. The highest BCUT2D eigenvalue weighted by Crippen LogP contribution is 2.21. The van der Waals surface area contributed by atoms with E-state index in [0.717, 1.165) is 11.3 Å². The molecule has 0 atom stereocenters. The van der Waals surface area contributed by atoms with Crippen LogP contribution in [0, 0.1) is 0 Å². The van der Waals surface area contributed by atoms with Crippen LogP contribution in [0.2, 0.25) is 0 Å². The van der Waals surface area contributed by atoms with Crippen molar-refractivity contribution < 1.29 is 23.1 Å². The second-order valence-electron chi connectivity index (χ2n) is 5.15. The molecular formula is C16H18N2O5S2. The molecule has 2 rings (SSSR count). The number of thiophene rings is 1. The number of nitrogens with one attached hydrogen (secondary N) is 1. The molecule has 0 aliphatic heterocycles. The Morgan fingerprint density at radius 3 is 2.60 bits per heavy atom. The number of amides is 1. The van der Waals surface area contributed by atoms with Crippen LogP contribution in [0.1, 0.15) is 23.7 Å². The zero-order valence-corrected chi connectivity index (χ0v) is 15.1. The van der Waals surface area contributed by atoms with Gasteiger partial charge >= 0.3 is 5.97 Å². The molecule has 0 spiro atoms. The summed E-state index contributed by atoms with van der Waals surface area (Å²) in [6.07, 6.45) is -0.149. The molecule has 0 saturated heterocycles. The smallest absolute Gasteiger partial charge is 0.305 e. The Kier molecular flexibility index (Phi) is 6.16. The van der Waals surface area contributed by atoms with Crippen molar-refractivity contribution in [2.45, 2.75) is 17.6 Å². The lowest BCUT2D eigenvalue weighted by Crippen LogP contribution is -2.32. The van der Waals surface area contributed by atoms with Crippen molar-refractivity contribution >= 4 is 38.9 Å². The van der Waals surface area contributed by atoms with Gasteiger partial charge in [-0.3, -0.25) is 14.3 Å². The van der Waals surface area contributed by atoms with Gasteiger partial charge in [-0.2, -0.15) is 0 Å². The Labute approximate surface area is 150 Å². The lowest BCUT2D eigenvalue weighted by atomic mass is 10.1. The van der Waals surface area contributed by atoms with E-state index in [2.05, 4.69) is 4.72 Å². The molecule has 1 aromatic heterocycles. The number of hydrogen-bond donors (Lipinski definition) is 2. The predicted octanol–water partition coefficient (Wildman–Crippen LogP) is 2.49. The van der Waals surface area contributed by atoms with E-state index in [1.165, 1.54) is 17.0 Å². The summed E-state index contributed by atoms with van der Waals surface area (Å²) in [7, 11) is -3.69. The largest absolute Gasteiger partial charge is 0.481 e. The highest BCUT2D eigenvalue weighted by atomic mass is 32.2. The topological polar surface area (TPSA) is 104 Å². The third kappa shape index (κ3) is 5.04. The molecule has 0 aliphatic rings. The second-order valence-corrected chi connectivity index (χ2v) is 8.00. The van der Waals surface area contributed by atoms with Crippen molar-refractivity contribution in [2.24, 2.45) is 0 Å². The minimum Gasteiger partial charge on any atom is -0.481 e. The van der Waals surface area contributed by atoms with Crippen LogP contribution in [-0.2, 0) is 14.8 Å². The van der Waals surface area contributed by atoms with E-state index in [9.17, 15) is 18.0 Å². The van der Waals surface area contributed by atoms with Crippen molar-refractivity contribution in [3.8, 4) is 0 Å². The molecule has 1 heterocycles. The number of sulfonamides is 1. The molecule has 2 aromatic rings. The number of nitrogens with zero attached hydrogens (tertiary/aromatic N) is 1. The number of anilines is 1. The van der Waals surface area contributed by atoms with Crippen molar-refractivity contribution in [3.63, 3.8) is 0 Å². The summed E-state index contributed by atoms with van der Waals surface area (Å²) in [4.78, 5) is 24.6. The maximum Gasteiger partial charge on any atom is 0.305 e. The maximum atomic E-state index is 12.5. The Balaban J connectivity index is 2.17. The molecule has 134 valence electrons. The summed E-state index contributed by atoms with van der Waals surface area (Å²) in [5, 5.41) is 10.4. The van der Waals surface area contributed by atoms with Gasteiger partial charge in [0.2, 0.25) is 0 Å². The van der Waals surface area contributed by atoms with Gasteiger partial charge in [0, 0.05) is 24.3 Å². The minimum absolute atomic E-state index is 0.0931. The van der Waals surface area contributed by atoms with E-state index in [1.54, 1.807) is 36.6 Å². The Morgan fingerprint density at radius 2 is 2.00 bits per heavy atom. The quantitative estimate of drug-likeness (QED) is 0.730. The van der Waals surface area contributed by atoms with Gasteiger partial charge < -0.3 is 10.0 Å². The number of carboxylic acids is 1. The van der Waals surface area contributed by atoms with Crippen molar-refractivity contribution in [1.29, 1.82) is 0 Å². The van der Waals surface area contributed by atoms with Crippen LogP contribution < -0.4 is 4.72 Å². The summed E-state index contributed by atoms with van der Waals surface area (Å²) in [6, 6.07) is 9.26. The fraction of sp³-hybridized carbons (Fsp3) is 0.250. The van der Waals surface area contributed by atoms with Crippen LogP contribution in [0.25, 0.3) is 0 Å². The fourth-order valence-electron chi connectivity index (χ4n) is 2.15. The van der Waals surface area contributed by atoms with E-state index >= 15 is 0 Å². The monoisotopic (exact) mass is 382 g/mol. The van der Waals surface area contributed by atoms with Gasteiger partial charge in [-0.25, -0.2) is 8.42 Å². The van der Waals surface area contributed by atoms with Gasteiger partial charge in [0.15, 0.2) is 0 Å². The fourth-order valence-corrected chi connectivity index (χ4v) is 4.20. The molecule has 9 heteroatoms. The number of carboxylic acid groups (broad SMARTS) is 1. The molecule has 0 saturated carbocycles. The van der Waals surface area contributed by atoms with E-state index in [4.69, 9.17) is 5.11 Å². The second kappa shape index (κ2) is 8.13. The molecule has 1 aromatic carbocycles. The lowest BCUT2D eigenvalue weighted by Gasteiger charge is -2.20. The van der Waals surface area contributed by atoms with Gasteiger partial charge in [-0.15, -0.1) is 11.3 Å². The number of hydrogen-bond acceptors (Lipinski definition) is 5. The standard InChI is InChI=1S/C16H18N2O5S2/c1-2-18(9-8-14(19)20)16(21)12-5-3-6-13(11-12)17-25(22,23)15-7-4-10-24-15/h3-7,10-11,17H,2,8-9H2,1H3,(H,19,20). The summed E-state index contributed by atoms with van der Waals surface area (Å²) in [6.45, 7) is 2.20. The van der Waals surface area contributed by atoms with E-state index in [1.807, 2.05) is 0 Å². The van der Waals surface area contributed by atoms with E-state index in [0.29, 0.717) is 12.1 Å². The van der Waals surface area contributed by atoms with Crippen molar-refractivity contribution in [2.75, 3.05) is 17.8 Å². The van der Waals surface area contributed by atoms with Gasteiger partial charge in [-0.1, -0.05) is 12.1 Å². The Bertz CT molecular complexity index is 847. The number of aliphatic carboxylic acids is 1. The molecule has 1 amide bonds. The van der Waals surface area contributed by atoms with Crippen molar-refractivity contribution in [1.82, 2.24) is 4.90 Å². The van der Waals surface area contributed by atoms with Crippen LogP contribution in [0.4, 0.5) is 5.69 Å². The first kappa shape index (κ1) is 18.9. The molecular weight excluding hydrogens is 364 g/mol. The van der Waals surface area contributed by atoms with Gasteiger partial charge in [0.05, 0.1) is 6.42 Å². The van der Waals surface area contributed by atoms with Gasteiger partial charge in [0.1, 0.15) is 4.21 Å². The summed E-state index contributed by atoms with van der Waals surface area (Å²) < 4.78 is 27.1. The van der Waals surface area contributed by atoms with Crippen LogP contribution in [-0.4, -0.2) is 43.4 Å². The average molecular weight is 382 g/mol. The molecule has 0 bridgehead atoms. The zero-order valence-electron chi connectivity index (χ0n) is 13.5. The van der Waals surface area contributed by atoms with Crippen LogP contribution in [0.5, 0.6) is 0 Å². The van der Waals surface area contributed by atoms with E-state index < -0.39 is 16.0 Å². The molecule has 0 unspecified atom stereocenters. The molecule has 25 heavy (non-hydrogen) atoms. The molecule has 0 radical (unpaired) electrons. The number of rotatable bonds is 8. The third-order valence-corrected chi connectivity index (χ3v) is 6.16. The zero-order chi connectivity index (χ0) is 18.4. The molecule has 7 nitrogen and oxygen atoms in total. The van der Waals surface area contributed by atoms with Gasteiger partial charge in [0.25, 0.3) is 15.9 Å². The first-order chi connectivity index (χ1) is 11.8. The average Bonchev–Trinajstić information content (AvgIpc) is 3.10. The number of carbonyl (C=O) groups is 2.